The number of carbonyl (C=O) groups is 3. The Kier molecular flexibility index (Phi) is 10.5. The Labute approximate surface area is 236 Å². The number of hydrogen-bond donors (Lipinski definition) is 3. The molecule has 0 spiro atoms. The van der Waals surface area contributed by atoms with Crippen molar-refractivity contribution >= 4 is 28.8 Å². The van der Waals surface area contributed by atoms with E-state index in [1.165, 1.54) is 0 Å². The molecule has 10 nitrogen and oxygen atoms in total. The van der Waals surface area contributed by atoms with Gasteiger partial charge in [0.05, 0.1) is 41.7 Å². The van der Waals surface area contributed by atoms with Gasteiger partial charge in [-0.1, -0.05) is 33.8 Å². The van der Waals surface area contributed by atoms with Crippen LogP contribution in [-0.4, -0.2) is 68.9 Å². The molecule has 1 aliphatic rings. The third-order valence-corrected chi connectivity index (χ3v) is 8.39. The lowest BCUT2D eigenvalue weighted by atomic mass is 9.73. The van der Waals surface area contributed by atoms with Gasteiger partial charge in [0.25, 0.3) is 0 Å². The summed E-state index contributed by atoms with van der Waals surface area (Å²) in [4.78, 5) is 43.8. The molecular formula is C30H45N3O7. The van der Waals surface area contributed by atoms with Crippen molar-refractivity contribution in [1.82, 2.24) is 14.9 Å². The molecule has 2 unspecified atom stereocenters. The fourth-order valence-corrected chi connectivity index (χ4v) is 5.37. The van der Waals surface area contributed by atoms with Crippen molar-refractivity contribution in [2.75, 3.05) is 13.2 Å². The van der Waals surface area contributed by atoms with Crippen LogP contribution in [0, 0.1) is 24.2 Å². The van der Waals surface area contributed by atoms with Crippen molar-refractivity contribution in [1.29, 1.82) is 0 Å². The molecule has 3 N–H and O–H groups in total. The maximum Gasteiger partial charge on any atom is 0.323 e. The van der Waals surface area contributed by atoms with E-state index in [9.17, 15) is 24.6 Å². The highest BCUT2D eigenvalue weighted by molar-refractivity contribution is 5.88. The summed E-state index contributed by atoms with van der Waals surface area (Å²) in [6.45, 7) is 11.0. The molecule has 2 aromatic rings. The SMILES string of the molecule is CCOC(=O)C1CC[C@@H](c2ccc3c(c2)nc(C)n3C)OC(=O)C[C@H](O)C(C)(C)C(=O)[C@H](C)C(O)[C@@H](C)CCN1. The minimum absolute atomic E-state index is 0.230. The summed E-state index contributed by atoms with van der Waals surface area (Å²) in [5.41, 5.74) is 1.14. The number of fused-ring (bicyclic) bond motifs is 1. The van der Waals surface area contributed by atoms with E-state index in [1.807, 2.05) is 43.7 Å². The number of aliphatic hydroxyl groups excluding tert-OH is 2. The van der Waals surface area contributed by atoms with Gasteiger partial charge in [-0.15, -0.1) is 0 Å². The molecule has 0 radical (unpaired) electrons. The topological polar surface area (TPSA) is 140 Å². The number of benzene rings is 1. The second kappa shape index (κ2) is 13.2. The minimum atomic E-state index is -1.30. The molecule has 222 valence electrons. The lowest BCUT2D eigenvalue weighted by Gasteiger charge is -2.34. The first-order chi connectivity index (χ1) is 18.8. The van der Waals surface area contributed by atoms with Crippen molar-refractivity contribution in [3.63, 3.8) is 0 Å². The summed E-state index contributed by atoms with van der Waals surface area (Å²) in [6.07, 6.45) is -2.19. The fraction of sp³-hybridized carbons (Fsp3) is 0.667. The maximum absolute atomic E-state index is 13.3. The van der Waals surface area contributed by atoms with Gasteiger partial charge in [0.15, 0.2) is 0 Å². The molecule has 0 saturated carbocycles. The van der Waals surface area contributed by atoms with Gasteiger partial charge in [0.1, 0.15) is 23.8 Å². The average Bonchev–Trinajstić information content (AvgIpc) is 3.19. The van der Waals surface area contributed by atoms with E-state index >= 15 is 0 Å². The molecule has 0 amide bonds. The molecule has 1 aromatic carbocycles. The number of ether oxygens (including phenoxy) is 2. The molecule has 1 aromatic heterocycles. The zero-order valence-electron chi connectivity index (χ0n) is 24.8. The summed E-state index contributed by atoms with van der Waals surface area (Å²) in [7, 11) is 1.93. The monoisotopic (exact) mass is 559 g/mol. The van der Waals surface area contributed by atoms with Crippen LogP contribution in [0.1, 0.15) is 77.8 Å². The lowest BCUT2D eigenvalue weighted by Crippen LogP contribution is -2.46. The minimum Gasteiger partial charge on any atom is -0.465 e. The van der Waals surface area contributed by atoms with Gasteiger partial charge >= 0.3 is 11.9 Å². The number of aromatic nitrogens is 2. The van der Waals surface area contributed by atoms with E-state index < -0.39 is 54.0 Å². The number of Topliss-reactive ketones (excluding diaryl/α,β-unsaturated/α-hetero) is 1. The summed E-state index contributed by atoms with van der Waals surface area (Å²) >= 11 is 0. The van der Waals surface area contributed by atoms with E-state index in [2.05, 4.69) is 10.3 Å². The number of imidazole rings is 1. The molecule has 1 saturated heterocycles. The largest absolute Gasteiger partial charge is 0.465 e. The molecular weight excluding hydrogens is 514 g/mol. The van der Waals surface area contributed by atoms with Crippen molar-refractivity contribution in [2.24, 2.45) is 24.3 Å². The number of nitrogens with one attached hydrogen (secondary N) is 1. The molecule has 0 aliphatic carbocycles. The molecule has 10 heteroatoms. The second-order valence-corrected chi connectivity index (χ2v) is 11.6. The first kappa shape index (κ1) is 31.7. The summed E-state index contributed by atoms with van der Waals surface area (Å²) in [5.74, 6) is -1.56. The average molecular weight is 560 g/mol. The van der Waals surface area contributed by atoms with Gasteiger partial charge in [-0.25, -0.2) is 4.98 Å². The number of esters is 2. The van der Waals surface area contributed by atoms with E-state index in [4.69, 9.17) is 9.47 Å². The van der Waals surface area contributed by atoms with Crippen molar-refractivity contribution in [3.8, 4) is 0 Å². The van der Waals surface area contributed by atoms with Gasteiger partial charge in [0.2, 0.25) is 0 Å². The van der Waals surface area contributed by atoms with Crippen LogP contribution < -0.4 is 5.32 Å². The number of hydrogen-bond acceptors (Lipinski definition) is 9. The van der Waals surface area contributed by atoms with Gasteiger partial charge in [-0.05, 0) is 63.3 Å². The van der Waals surface area contributed by atoms with Crippen molar-refractivity contribution in [2.45, 2.75) is 91.6 Å². The number of aryl methyl sites for hydroxylation is 2. The van der Waals surface area contributed by atoms with Crippen LogP contribution in [0.3, 0.4) is 0 Å². The quantitative estimate of drug-likeness (QED) is 0.484. The number of cyclic esters (lactones) is 1. The Morgan fingerprint density at radius 3 is 2.58 bits per heavy atom. The molecule has 40 heavy (non-hydrogen) atoms. The predicted octanol–water partition coefficient (Wildman–Crippen LogP) is 3.15. The van der Waals surface area contributed by atoms with Crippen molar-refractivity contribution in [3.05, 3.63) is 29.6 Å². The van der Waals surface area contributed by atoms with Gasteiger partial charge in [0, 0.05) is 13.0 Å². The number of nitrogens with zero attached hydrogens (tertiary/aromatic N) is 2. The highest BCUT2D eigenvalue weighted by atomic mass is 16.5. The fourth-order valence-electron chi connectivity index (χ4n) is 5.37. The predicted molar refractivity (Wildman–Crippen MR) is 150 cm³/mol. The van der Waals surface area contributed by atoms with Crippen LogP contribution in [-0.2, 0) is 30.9 Å². The molecule has 6 atom stereocenters. The van der Waals surface area contributed by atoms with Gasteiger partial charge in [-0.2, -0.15) is 0 Å². The lowest BCUT2D eigenvalue weighted by molar-refractivity contribution is -0.156. The number of aliphatic hydroxyl groups is 2. The number of rotatable bonds is 3. The first-order valence-corrected chi connectivity index (χ1v) is 14.2. The highest BCUT2D eigenvalue weighted by Gasteiger charge is 2.42. The Morgan fingerprint density at radius 1 is 1.20 bits per heavy atom. The van der Waals surface area contributed by atoms with E-state index in [-0.39, 0.29) is 18.3 Å². The summed E-state index contributed by atoms with van der Waals surface area (Å²) < 4.78 is 13.2. The second-order valence-electron chi connectivity index (χ2n) is 11.6. The van der Waals surface area contributed by atoms with Crippen LogP contribution in [0.2, 0.25) is 0 Å². The molecule has 3 rings (SSSR count). The van der Waals surface area contributed by atoms with Crippen LogP contribution in [0.15, 0.2) is 18.2 Å². The Balaban J connectivity index is 1.96. The Bertz CT molecular complexity index is 1210. The van der Waals surface area contributed by atoms with E-state index in [1.54, 1.807) is 27.7 Å². The third kappa shape index (κ3) is 7.08. The summed E-state index contributed by atoms with van der Waals surface area (Å²) in [6, 6.07) is 5.02. The van der Waals surface area contributed by atoms with E-state index in [0.717, 1.165) is 22.4 Å². The molecule has 2 heterocycles. The molecule has 0 bridgehead atoms. The van der Waals surface area contributed by atoms with Crippen molar-refractivity contribution < 1.29 is 34.1 Å². The number of ketones is 1. The summed E-state index contributed by atoms with van der Waals surface area (Å²) in [5, 5.41) is 25.1. The van der Waals surface area contributed by atoms with Gasteiger partial charge < -0.3 is 29.6 Å². The Morgan fingerprint density at radius 2 is 1.90 bits per heavy atom. The normalized spacial score (nSPS) is 29.2. The zero-order valence-corrected chi connectivity index (χ0v) is 24.8. The maximum atomic E-state index is 13.3. The smallest absolute Gasteiger partial charge is 0.323 e. The molecule has 1 fully saturated rings. The van der Waals surface area contributed by atoms with Crippen LogP contribution in [0.5, 0.6) is 0 Å². The molecule has 1 aliphatic heterocycles. The first-order valence-electron chi connectivity index (χ1n) is 14.2. The standard InChI is InChI=1S/C30H45N3O7/c1-8-39-29(38)21-10-12-24(20-9-11-23-22(15-20)32-19(4)33(23)7)40-26(35)16-25(34)30(5,6)28(37)18(3)27(36)17(2)13-14-31-21/h9,11,15,17-18,21,24-25,27,31,34,36H,8,10,12-14,16H2,1-7H3/t17-,18+,21?,24-,25-,27?/m0/s1. The highest BCUT2D eigenvalue weighted by Crippen LogP contribution is 2.33. The van der Waals surface area contributed by atoms with E-state index in [0.29, 0.717) is 25.8 Å². The Hall–Kier alpha value is -2.82. The van der Waals surface area contributed by atoms with Crippen LogP contribution >= 0.6 is 0 Å². The zero-order chi connectivity index (χ0) is 29.8. The number of carbonyl (C=O) groups excluding carboxylic acids is 3. The third-order valence-electron chi connectivity index (χ3n) is 8.39. The van der Waals surface area contributed by atoms with Crippen LogP contribution in [0.25, 0.3) is 11.0 Å². The van der Waals surface area contributed by atoms with Gasteiger partial charge in [-0.3, -0.25) is 14.4 Å². The van der Waals surface area contributed by atoms with Crippen LogP contribution in [0.4, 0.5) is 0 Å².